The van der Waals surface area contributed by atoms with Crippen LogP contribution in [-0.4, -0.2) is 9.13 Å². The Hall–Kier alpha value is -5.80. The summed E-state index contributed by atoms with van der Waals surface area (Å²) in [5.74, 6) is -2.19. The van der Waals surface area contributed by atoms with Crippen molar-refractivity contribution in [3.8, 4) is 17.4 Å². The van der Waals surface area contributed by atoms with Crippen LogP contribution < -0.4 is 0 Å². The molecule has 0 saturated carbocycles. The molecule has 228 valence electrons. The molecule has 8 rings (SSSR count). The van der Waals surface area contributed by atoms with Crippen LogP contribution in [0.3, 0.4) is 0 Å². The van der Waals surface area contributed by atoms with E-state index in [-0.39, 0.29) is 11.3 Å². The summed E-state index contributed by atoms with van der Waals surface area (Å²) in [7, 11) is 0. The Labute approximate surface area is 269 Å². The van der Waals surface area contributed by atoms with Gasteiger partial charge in [0.1, 0.15) is 5.82 Å². The van der Waals surface area contributed by atoms with Gasteiger partial charge in [-0.1, -0.05) is 41.5 Å². The minimum absolute atomic E-state index is 0.185. The number of benzene rings is 6. The van der Waals surface area contributed by atoms with Gasteiger partial charge in [0.05, 0.1) is 45.1 Å². The maximum Gasteiger partial charge on any atom is 0.182 e. The second-order valence-electron chi connectivity index (χ2n) is 12.3. The van der Waals surface area contributed by atoms with Gasteiger partial charge in [-0.25, -0.2) is 13.2 Å². The van der Waals surface area contributed by atoms with E-state index in [2.05, 4.69) is 36.4 Å². The minimum atomic E-state index is -0.876. The second kappa shape index (κ2) is 10.9. The summed E-state index contributed by atoms with van der Waals surface area (Å²) < 4.78 is 48.3. The van der Waals surface area contributed by atoms with Crippen molar-refractivity contribution in [2.75, 3.05) is 0 Å². The number of aryl methyl sites for hydroxylation is 4. The van der Waals surface area contributed by atoms with Gasteiger partial charge in [0.25, 0.3) is 0 Å². The molecule has 0 bridgehead atoms. The summed E-state index contributed by atoms with van der Waals surface area (Å²) in [6.07, 6.45) is 1.55. The first-order valence-electron chi connectivity index (χ1n) is 15.5. The van der Waals surface area contributed by atoms with Crippen molar-refractivity contribution >= 4 is 43.6 Å². The van der Waals surface area contributed by atoms with E-state index < -0.39 is 17.5 Å². The lowest BCUT2D eigenvalue weighted by atomic mass is 10.0. The molecular weight excluding hydrogens is 591 g/mol. The van der Waals surface area contributed by atoms with Crippen LogP contribution in [0.25, 0.3) is 55.0 Å². The number of fused-ring (bicyclic) bond motifs is 6. The fourth-order valence-corrected chi connectivity index (χ4v) is 6.91. The average molecular weight is 620 g/mol. The Morgan fingerprint density at radius 2 is 1.04 bits per heavy atom. The molecule has 2 aromatic heterocycles. The fourth-order valence-electron chi connectivity index (χ4n) is 6.91. The number of aromatic nitrogens is 2. The third-order valence-electron chi connectivity index (χ3n) is 9.16. The maximum absolute atomic E-state index is 15.3. The third-order valence-corrected chi connectivity index (χ3v) is 9.16. The van der Waals surface area contributed by atoms with Gasteiger partial charge >= 0.3 is 0 Å². The molecule has 0 saturated heterocycles. The Kier molecular flexibility index (Phi) is 6.66. The van der Waals surface area contributed by atoms with Gasteiger partial charge in [-0.15, -0.1) is 0 Å². The topological polar surface area (TPSA) is 33.6 Å². The summed E-state index contributed by atoms with van der Waals surface area (Å²) in [5.41, 5.74) is 8.80. The lowest BCUT2D eigenvalue weighted by molar-refractivity contribution is 0.505. The van der Waals surface area contributed by atoms with Crippen LogP contribution in [0.5, 0.6) is 0 Å². The van der Waals surface area contributed by atoms with Gasteiger partial charge in [-0.2, -0.15) is 5.26 Å². The molecule has 0 spiro atoms. The van der Waals surface area contributed by atoms with Crippen LogP contribution >= 0.6 is 0 Å². The molecule has 0 N–H and O–H groups in total. The molecule has 0 fully saturated rings. The molecule has 0 aliphatic carbocycles. The van der Waals surface area contributed by atoms with Crippen LogP contribution in [0.15, 0.2) is 109 Å². The normalized spacial score (nSPS) is 11.7. The molecule has 3 nitrogen and oxygen atoms in total. The van der Waals surface area contributed by atoms with E-state index in [9.17, 15) is 9.65 Å². The van der Waals surface area contributed by atoms with E-state index in [1.807, 2.05) is 60.9 Å². The van der Waals surface area contributed by atoms with Gasteiger partial charge in [-0.3, -0.25) is 0 Å². The zero-order valence-electron chi connectivity index (χ0n) is 25.8. The smallest absolute Gasteiger partial charge is 0.182 e. The molecule has 8 aromatic rings. The third kappa shape index (κ3) is 4.66. The highest BCUT2D eigenvalue weighted by atomic mass is 19.2. The van der Waals surface area contributed by atoms with Crippen molar-refractivity contribution in [3.63, 3.8) is 0 Å². The number of halogens is 3. The predicted octanol–water partition coefficient (Wildman–Crippen LogP) is 10.6. The van der Waals surface area contributed by atoms with Gasteiger partial charge in [0.2, 0.25) is 0 Å². The molecule has 0 aliphatic rings. The number of nitrogens with zero attached hydrogens (tertiary/aromatic N) is 3. The van der Waals surface area contributed by atoms with Crippen LogP contribution in [-0.2, 0) is 12.8 Å². The van der Waals surface area contributed by atoms with Crippen molar-refractivity contribution in [2.24, 2.45) is 0 Å². The predicted molar refractivity (Wildman–Crippen MR) is 183 cm³/mol. The fraction of sp³-hybridized carbons (Fsp3) is 0.0976. The van der Waals surface area contributed by atoms with Gasteiger partial charge in [0, 0.05) is 21.5 Å². The van der Waals surface area contributed by atoms with E-state index >= 15 is 8.78 Å². The molecule has 6 aromatic carbocycles. The lowest BCUT2D eigenvalue weighted by Gasteiger charge is -2.10. The number of hydrogen-bond donors (Lipinski definition) is 0. The van der Waals surface area contributed by atoms with E-state index in [1.165, 1.54) is 12.1 Å². The first-order valence-corrected chi connectivity index (χ1v) is 15.5. The lowest BCUT2D eigenvalue weighted by Crippen LogP contribution is -2.00. The van der Waals surface area contributed by atoms with Gasteiger partial charge in [-0.05, 0) is 117 Å². The SMILES string of the molecule is Cc1ccc2c(c1)c1cc(CCc3ccc4c(c3)c3cc(C)ccc3n4-c3cccc(F)c3F)ccc1n2-c1ccc(C#N)cc1F. The zero-order chi connectivity index (χ0) is 32.4. The molecule has 0 amide bonds. The van der Waals surface area contributed by atoms with Crippen LogP contribution in [0.1, 0.15) is 27.8 Å². The van der Waals surface area contributed by atoms with Gasteiger partial charge in [0.15, 0.2) is 11.6 Å². The van der Waals surface area contributed by atoms with E-state index in [0.29, 0.717) is 5.69 Å². The summed E-state index contributed by atoms with van der Waals surface area (Å²) in [6.45, 7) is 4.08. The molecular formula is C41H28F3N3. The Bertz CT molecular complexity index is 2600. The standard InChI is InChI=1S/C41H28F3N3/c1-24-6-13-35-29(18-24)31-20-26(10-15-37(31)46(35)39-17-12-28(23-45)22-34(39)43)8-9-27-11-16-38-32(21-27)30-19-25(2)7-14-36(30)47(38)40-5-3-4-33(42)41(40)44/h3-7,10-22H,8-9H2,1-2H3. The number of hydrogen-bond acceptors (Lipinski definition) is 1. The molecule has 47 heavy (non-hydrogen) atoms. The molecule has 0 radical (unpaired) electrons. The van der Waals surface area contributed by atoms with Crippen molar-refractivity contribution < 1.29 is 13.2 Å². The highest BCUT2D eigenvalue weighted by molar-refractivity contribution is 6.10. The number of nitriles is 1. The summed E-state index contributed by atoms with van der Waals surface area (Å²) in [4.78, 5) is 0. The van der Waals surface area contributed by atoms with E-state index in [1.54, 1.807) is 22.8 Å². The van der Waals surface area contributed by atoms with Crippen molar-refractivity contribution in [1.82, 2.24) is 9.13 Å². The molecule has 0 aliphatic heterocycles. The van der Waals surface area contributed by atoms with Crippen LogP contribution in [0.2, 0.25) is 0 Å². The Morgan fingerprint density at radius 1 is 0.532 bits per heavy atom. The van der Waals surface area contributed by atoms with Crippen LogP contribution in [0, 0.1) is 42.6 Å². The Morgan fingerprint density at radius 3 is 1.57 bits per heavy atom. The average Bonchev–Trinajstić information content (AvgIpc) is 3.56. The summed E-state index contributed by atoms with van der Waals surface area (Å²) in [6, 6.07) is 35.6. The highest BCUT2D eigenvalue weighted by Crippen LogP contribution is 2.36. The largest absolute Gasteiger partial charge is 0.306 e. The monoisotopic (exact) mass is 619 g/mol. The first-order chi connectivity index (χ1) is 22.8. The summed E-state index contributed by atoms with van der Waals surface area (Å²) >= 11 is 0. The Balaban J connectivity index is 1.19. The maximum atomic E-state index is 15.3. The number of rotatable bonds is 5. The van der Waals surface area contributed by atoms with Crippen LogP contribution in [0.4, 0.5) is 13.2 Å². The highest BCUT2D eigenvalue weighted by Gasteiger charge is 2.19. The molecule has 0 atom stereocenters. The minimum Gasteiger partial charge on any atom is -0.306 e. The second-order valence-corrected chi connectivity index (χ2v) is 12.3. The molecule has 0 unspecified atom stereocenters. The van der Waals surface area contributed by atoms with Gasteiger partial charge < -0.3 is 9.13 Å². The van der Waals surface area contributed by atoms with E-state index in [0.717, 1.165) is 84.8 Å². The molecule has 6 heteroatoms. The summed E-state index contributed by atoms with van der Waals surface area (Å²) in [5, 5.41) is 13.3. The van der Waals surface area contributed by atoms with Crippen molar-refractivity contribution in [1.29, 1.82) is 5.26 Å². The van der Waals surface area contributed by atoms with E-state index in [4.69, 9.17) is 0 Å². The zero-order valence-corrected chi connectivity index (χ0v) is 25.8. The van der Waals surface area contributed by atoms with Crippen molar-refractivity contribution in [2.45, 2.75) is 26.7 Å². The first kappa shape index (κ1) is 28.7. The van der Waals surface area contributed by atoms with Crippen molar-refractivity contribution in [3.05, 3.63) is 154 Å². The molecule has 2 heterocycles. The quantitative estimate of drug-likeness (QED) is 0.189.